The molecule has 2 aliphatic heterocycles. The number of ether oxygens (including phenoxy) is 3. The van der Waals surface area contributed by atoms with Gasteiger partial charge >= 0.3 is 0 Å². The molecule has 9 nitrogen and oxygen atoms in total. The quantitative estimate of drug-likeness (QED) is 0.378. The summed E-state index contributed by atoms with van der Waals surface area (Å²) in [6.07, 6.45) is 2.55. The van der Waals surface area contributed by atoms with Crippen LogP contribution in [0, 0.1) is 5.82 Å². The van der Waals surface area contributed by atoms with Crippen molar-refractivity contribution in [1.82, 2.24) is 20.3 Å². The number of methoxy groups -OCH3 is 1. The highest BCUT2D eigenvalue weighted by molar-refractivity contribution is 6.09. The zero-order valence-electron chi connectivity index (χ0n) is 19.3. The van der Waals surface area contributed by atoms with Gasteiger partial charge in [-0.15, -0.1) is 0 Å². The molecule has 3 aromatic heterocycles. The van der Waals surface area contributed by atoms with E-state index in [9.17, 15) is 9.18 Å². The third-order valence-electron chi connectivity index (χ3n) is 6.89. The molecule has 0 radical (unpaired) electrons. The Bertz CT molecular complexity index is 1530. The maximum Gasteiger partial charge on any atom is 0.255 e. The number of para-hydroxylation sites is 1. The van der Waals surface area contributed by atoms with Gasteiger partial charge in [0.15, 0.2) is 11.6 Å². The first-order valence-corrected chi connectivity index (χ1v) is 11.8. The summed E-state index contributed by atoms with van der Waals surface area (Å²) >= 11 is 0. The monoisotopic (exact) mass is 487 g/mol. The molecule has 0 bridgehead atoms. The highest BCUT2D eigenvalue weighted by Crippen LogP contribution is 2.50. The van der Waals surface area contributed by atoms with E-state index < -0.39 is 5.82 Å². The number of aromatic amines is 1. The van der Waals surface area contributed by atoms with E-state index in [0.717, 1.165) is 17.7 Å². The molecular weight excluding hydrogens is 465 g/mol. The second-order valence-corrected chi connectivity index (χ2v) is 9.18. The Morgan fingerprint density at radius 1 is 1.19 bits per heavy atom. The highest BCUT2D eigenvalue weighted by Gasteiger charge is 2.48. The summed E-state index contributed by atoms with van der Waals surface area (Å²) < 4.78 is 30.9. The number of amides is 1. The van der Waals surface area contributed by atoms with Crippen LogP contribution in [0.4, 0.5) is 15.8 Å². The maximum atomic E-state index is 14.5. The van der Waals surface area contributed by atoms with Gasteiger partial charge < -0.3 is 29.8 Å². The van der Waals surface area contributed by atoms with Crippen molar-refractivity contribution in [2.24, 2.45) is 0 Å². The summed E-state index contributed by atoms with van der Waals surface area (Å²) in [5, 5.41) is 6.34. The van der Waals surface area contributed by atoms with Crippen LogP contribution in [0.2, 0.25) is 0 Å². The Morgan fingerprint density at radius 2 is 2.08 bits per heavy atom. The Labute approximate surface area is 205 Å². The minimum atomic E-state index is -0.502. The van der Waals surface area contributed by atoms with Crippen LogP contribution in [0.1, 0.15) is 28.4 Å². The predicted molar refractivity (Wildman–Crippen MR) is 129 cm³/mol. The molecule has 1 aromatic carbocycles. The Hall–Kier alpha value is -4.18. The highest BCUT2D eigenvalue weighted by atomic mass is 19.1. The number of hydrogen-bond acceptors (Lipinski definition) is 7. The fourth-order valence-electron chi connectivity index (χ4n) is 4.95. The number of fused-ring (bicyclic) bond motifs is 4. The van der Waals surface area contributed by atoms with E-state index in [4.69, 9.17) is 19.2 Å². The number of H-pyrrole nitrogens is 1. The number of carbonyl (C=O) groups excluding carboxylic acids is 1. The summed E-state index contributed by atoms with van der Waals surface area (Å²) in [5.41, 5.74) is 5.03. The SMILES string of the molecule is COc1c(F)cccc1Nc1c(-c2ccnc3ccc(OC4COC4)nc23)[nH]c2c1C(=O)N[C@H]1C[C@@H]21. The summed E-state index contributed by atoms with van der Waals surface area (Å²) in [4.78, 5) is 25.9. The number of nitrogens with zero attached hydrogens (tertiary/aromatic N) is 2. The fourth-order valence-corrected chi connectivity index (χ4v) is 4.95. The number of hydrogen-bond donors (Lipinski definition) is 3. The van der Waals surface area contributed by atoms with Gasteiger partial charge in [-0.2, -0.15) is 0 Å². The first kappa shape index (κ1) is 21.1. The predicted octanol–water partition coefficient (Wildman–Crippen LogP) is 3.89. The Morgan fingerprint density at radius 3 is 2.89 bits per heavy atom. The van der Waals surface area contributed by atoms with Crippen molar-refractivity contribution in [3.8, 4) is 22.9 Å². The van der Waals surface area contributed by atoms with Crippen LogP contribution in [0.25, 0.3) is 22.3 Å². The van der Waals surface area contributed by atoms with Crippen LogP contribution >= 0.6 is 0 Å². The van der Waals surface area contributed by atoms with Gasteiger partial charge in [-0.1, -0.05) is 6.07 Å². The van der Waals surface area contributed by atoms with Crippen molar-refractivity contribution >= 4 is 28.3 Å². The molecule has 10 heteroatoms. The molecule has 2 fully saturated rings. The van der Waals surface area contributed by atoms with Crippen LogP contribution in [-0.4, -0.2) is 53.3 Å². The molecular formula is C26H22FN5O4. The third kappa shape index (κ3) is 3.29. The number of aromatic nitrogens is 3. The van der Waals surface area contributed by atoms with E-state index >= 15 is 0 Å². The van der Waals surface area contributed by atoms with E-state index in [1.54, 1.807) is 24.4 Å². The van der Waals surface area contributed by atoms with Crippen LogP contribution in [0.15, 0.2) is 42.6 Å². The lowest BCUT2D eigenvalue weighted by Crippen LogP contribution is -2.38. The summed E-state index contributed by atoms with van der Waals surface area (Å²) in [5.74, 6) is 0.0695. The molecule has 1 saturated heterocycles. The van der Waals surface area contributed by atoms with E-state index in [-0.39, 0.29) is 29.7 Å². The average Bonchev–Trinajstić information content (AvgIpc) is 3.53. The number of nitrogens with one attached hydrogen (secondary N) is 3. The van der Waals surface area contributed by atoms with Crippen LogP contribution in [-0.2, 0) is 4.74 Å². The van der Waals surface area contributed by atoms with Crippen molar-refractivity contribution < 1.29 is 23.4 Å². The topological polar surface area (TPSA) is 110 Å². The maximum absolute atomic E-state index is 14.5. The lowest BCUT2D eigenvalue weighted by molar-refractivity contribution is -0.0812. The number of rotatable bonds is 6. The van der Waals surface area contributed by atoms with Gasteiger partial charge in [-0.05, 0) is 30.7 Å². The molecule has 182 valence electrons. The lowest BCUT2D eigenvalue weighted by Gasteiger charge is -2.26. The molecule has 1 saturated carbocycles. The summed E-state index contributed by atoms with van der Waals surface area (Å²) in [6.45, 7) is 1.06. The smallest absolute Gasteiger partial charge is 0.255 e. The standard InChI is InChI=1S/C26H22FN5O4/c1-34-25-15(27)3-2-4-17(25)29-24-20-22(14-9-18(14)30-26(20)33)32-23(24)13-7-8-28-16-5-6-19(31-21(13)16)36-12-10-35-11-12/h2-8,12,14,18,29,32H,9-11H2,1H3,(H,30,33)/t14-,18+/m1/s1. The molecule has 0 spiro atoms. The lowest BCUT2D eigenvalue weighted by atomic mass is 10.0. The van der Waals surface area contributed by atoms with Crippen molar-refractivity contribution in [3.05, 3.63) is 59.7 Å². The van der Waals surface area contributed by atoms with Gasteiger partial charge in [0.2, 0.25) is 5.88 Å². The number of halogens is 1. The zero-order chi connectivity index (χ0) is 24.4. The fraction of sp³-hybridized carbons (Fsp3) is 0.269. The minimum absolute atomic E-state index is 0.0268. The van der Waals surface area contributed by atoms with E-state index in [0.29, 0.717) is 52.8 Å². The molecule has 5 heterocycles. The molecule has 3 aliphatic rings. The molecule has 36 heavy (non-hydrogen) atoms. The van der Waals surface area contributed by atoms with Gasteiger partial charge in [-0.25, -0.2) is 9.37 Å². The second-order valence-electron chi connectivity index (χ2n) is 9.18. The largest absolute Gasteiger partial charge is 0.492 e. The van der Waals surface area contributed by atoms with Crippen LogP contribution < -0.4 is 20.1 Å². The molecule has 3 N–H and O–H groups in total. The number of pyridine rings is 2. The summed E-state index contributed by atoms with van der Waals surface area (Å²) in [7, 11) is 1.41. The van der Waals surface area contributed by atoms with Crippen molar-refractivity contribution in [3.63, 3.8) is 0 Å². The first-order chi connectivity index (χ1) is 17.6. The average molecular weight is 487 g/mol. The van der Waals surface area contributed by atoms with Gasteiger partial charge in [0.1, 0.15) is 11.6 Å². The molecule has 4 aromatic rings. The van der Waals surface area contributed by atoms with Gasteiger partial charge in [0.25, 0.3) is 5.91 Å². The second kappa shape index (κ2) is 7.92. The van der Waals surface area contributed by atoms with Crippen LogP contribution in [0.3, 0.4) is 0 Å². The van der Waals surface area contributed by atoms with Gasteiger partial charge in [0, 0.05) is 35.5 Å². The summed E-state index contributed by atoms with van der Waals surface area (Å²) in [6, 6.07) is 10.2. The molecule has 1 aliphatic carbocycles. The Kier molecular flexibility index (Phi) is 4.65. The van der Waals surface area contributed by atoms with E-state index in [1.165, 1.54) is 13.2 Å². The third-order valence-corrected chi connectivity index (χ3v) is 6.89. The zero-order valence-corrected chi connectivity index (χ0v) is 19.3. The van der Waals surface area contributed by atoms with E-state index in [2.05, 4.69) is 20.6 Å². The Balaban J connectivity index is 1.41. The number of anilines is 2. The van der Waals surface area contributed by atoms with E-state index in [1.807, 2.05) is 12.1 Å². The molecule has 0 unspecified atom stereocenters. The van der Waals surface area contributed by atoms with Crippen LogP contribution in [0.5, 0.6) is 11.6 Å². The van der Waals surface area contributed by atoms with Gasteiger partial charge in [0.05, 0.1) is 48.5 Å². The molecule has 1 amide bonds. The number of carbonyl (C=O) groups is 1. The first-order valence-electron chi connectivity index (χ1n) is 11.8. The number of benzene rings is 1. The molecule has 7 rings (SSSR count). The van der Waals surface area contributed by atoms with Crippen molar-refractivity contribution in [1.29, 1.82) is 0 Å². The van der Waals surface area contributed by atoms with Crippen molar-refractivity contribution in [2.75, 3.05) is 25.6 Å². The normalized spacial score (nSPS) is 20.2. The van der Waals surface area contributed by atoms with Crippen molar-refractivity contribution in [2.45, 2.75) is 24.5 Å². The van der Waals surface area contributed by atoms with Gasteiger partial charge in [-0.3, -0.25) is 9.78 Å². The molecule has 2 atom stereocenters. The minimum Gasteiger partial charge on any atom is -0.492 e.